The number of hydrogen-bond donors (Lipinski definition) is 4. The first-order chi connectivity index (χ1) is 11.8. The molecule has 0 spiro atoms. The minimum atomic E-state index is -1.46. The molecule has 5 atom stereocenters. The molecule has 11 nitrogen and oxygen atoms in total. The summed E-state index contributed by atoms with van der Waals surface area (Å²) in [6.45, 7) is -0.540. The second-order valence-electron chi connectivity index (χ2n) is 5.50. The van der Waals surface area contributed by atoms with Crippen LogP contribution in [0, 0.1) is 0 Å². The number of methoxy groups -OCH3 is 2. The molecule has 1 saturated heterocycles. The molecule has 140 valence electrons. The van der Waals surface area contributed by atoms with Crippen molar-refractivity contribution >= 4 is 11.8 Å². The van der Waals surface area contributed by atoms with Crippen LogP contribution in [-0.2, 0) is 19.0 Å². The number of aliphatic hydroxyl groups excluding tert-OH is 3. The summed E-state index contributed by atoms with van der Waals surface area (Å²) in [5, 5.41) is 29.0. The monoisotopic (exact) mass is 359 g/mol. The standard InChI is InChI=1S/C14H21N3O8/c1-23-7(3-9(19)24-2)6-4-17(14(22)16-12(6)15)13-11(21)10(20)8(5-18)25-13/h4,7-8,10-11,13,18,20-21H,3,5H2,1-2H3,(H2,15,16,22)/t7?,8-,10-,11-,13-/m1/s1. The normalized spacial score (nSPS) is 27.2. The third-order valence-electron chi connectivity index (χ3n) is 4.01. The average molecular weight is 359 g/mol. The van der Waals surface area contributed by atoms with Crippen molar-refractivity contribution in [1.82, 2.24) is 9.55 Å². The first-order valence-electron chi connectivity index (χ1n) is 7.44. The number of nitrogens with two attached hydrogens (primary N) is 1. The van der Waals surface area contributed by atoms with Crippen LogP contribution < -0.4 is 11.4 Å². The van der Waals surface area contributed by atoms with Crippen molar-refractivity contribution in [3.63, 3.8) is 0 Å². The highest BCUT2D eigenvalue weighted by Crippen LogP contribution is 2.30. The number of ether oxygens (including phenoxy) is 3. The SMILES string of the molecule is COC(=O)CC(OC)c1cn([C@@H]2O[C@H](CO)[C@@H](O)[C@H]2O)c(=O)nc1N. The van der Waals surface area contributed by atoms with Crippen LogP contribution in [0.2, 0.25) is 0 Å². The zero-order valence-electron chi connectivity index (χ0n) is 13.7. The highest BCUT2D eigenvalue weighted by atomic mass is 16.6. The maximum atomic E-state index is 12.1. The molecule has 25 heavy (non-hydrogen) atoms. The van der Waals surface area contributed by atoms with E-state index >= 15 is 0 Å². The van der Waals surface area contributed by atoms with Gasteiger partial charge in [-0.15, -0.1) is 0 Å². The predicted molar refractivity (Wildman–Crippen MR) is 82.3 cm³/mol. The molecule has 2 rings (SSSR count). The number of rotatable bonds is 6. The minimum absolute atomic E-state index is 0.149. The molecule has 0 aromatic carbocycles. The summed E-state index contributed by atoms with van der Waals surface area (Å²) in [5.41, 5.74) is 5.13. The Morgan fingerprint density at radius 3 is 2.64 bits per heavy atom. The molecule has 1 fully saturated rings. The fraction of sp³-hybridized carbons (Fsp3) is 0.643. The Kier molecular flexibility index (Phi) is 6.08. The van der Waals surface area contributed by atoms with Crippen molar-refractivity contribution in [3.05, 3.63) is 22.2 Å². The van der Waals surface area contributed by atoms with E-state index in [4.69, 9.17) is 20.3 Å². The molecule has 1 unspecified atom stereocenters. The van der Waals surface area contributed by atoms with Crippen LogP contribution in [0.15, 0.2) is 11.0 Å². The van der Waals surface area contributed by atoms with Crippen LogP contribution in [0.1, 0.15) is 24.3 Å². The second kappa shape index (κ2) is 7.89. The Morgan fingerprint density at radius 2 is 2.12 bits per heavy atom. The molecular formula is C14H21N3O8. The van der Waals surface area contributed by atoms with Gasteiger partial charge in [-0.05, 0) is 0 Å². The molecule has 1 aromatic heterocycles. The summed E-state index contributed by atoms with van der Waals surface area (Å²) in [7, 11) is 2.56. The van der Waals surface area contributed by atoms with Gasteiger partial charge in [0.1, 0.15) is 24.1 Å². The van der Waals surface area contributed by atoms with Gasteiger partial charge in [0.2, 0.25) is 0 Å². The van der Waals surface area contributed by atoms with Crippen molar-refractivity contribution in [3.8, 4) is 0 Å². The summed E-state index contributed by atoms with van der Waals surface area (Å²) in [5.74, 6) is -0.708. The van der Waals surface area contributed by atoms with Gasteiger partial charge < -0.3 is 35.3 Å². The van der Waals surface area contributed by atoms with E-state index in [2.05, 4.69) is 9.72 Å². The summed E-state index contributed by atoms with van der Waals surface area (Å²) in [6.07, 6.45) is -4.95. The molecule has 0 saturated carbocycles. The number of anilines is 1. The lowest BCUT2D eigenvalue weighted by Crippen LogP contribution is -2.36. The number of hydrogen-bond acceptors (Lipinski definition) is 10. The molecule has 0 radical (unpaired) electrons. The van der Waals surface area contributed by atoms with E-state index in [1.807, 2.05) is 0 Å². The second-order valence-corrected chi connectivity index (χ2v) is 5.50. The lowest BCUT2D eigenvalue weighted by atomic mass is 10.1. The Bertz CT molecular complexity index is 679. The molecule has 0 bridgehead atoms. The van der Waals surface area contributed by atoms with Gasteiger partial charge in [0.25, 0.3) is 0 Å². The molecule has 2 heterocycles. The quantitative estimate of drug-likeness (QED) is 0.405. The van der Waals surface area contributed by atoms with E-state index in [1.54, 1.807) is 0 Å². The van der Waals surface area contributed by atoms with E-state index in [-0.39, 0.29) is 17.8 Å². The maximum Gasteiger partial charge on any atom is 0.351 e. The third kappa shape index (κ3) is 3.80. The Labute approximate surface area is 142 Å². The topological polar surface area (TPSA) is 166 Å². The van der Waals surface area contributed by atoms with E-state index in [9.17, 15) is 19.8 Å². The highest BCUT2D eigenvalue weighted by Gasteiger charge is 2.44. The van der Waals surface area contributed by atoms with Crippen LogP contribution in [0.3, 0.4) is 0 Å². The van der Waals surface area contributed by atoms with Crippen LogP contribution in [0.5, 0.6) is 0 Å². The van der Waals surface area contributed by atoms with Gasteiger partial charge in [0.05, 0.1) is 26.2 Å². The maximum absolute atomic E-state index is 12.1. The first-order valence-corrected chi connectivity index (χ1v) is 7.44. The van der Waals surface area contributed by atoms with Gasteiger partial charge in [-0.2, -0.15) is 4.98 Å². The van der Waals surface area contributed by atoms with Crippen molar-refractivity contribution in [1.29, 1.82) is 0 Å². The van der Waals surface area contributed by atoms with Crippen LogP contribution in [0.25, 0.3) is 0 Å². The molecule has 1 aromatic rings. The van der Waals surface area contributed by atoms with Gasteiger partial charge in [-0.1, -0.05) is 0 Å². The average Bonchev–Trinajstić information content (AvgIpc) is 2.88. The molecule has 1 aliphatic heterocycles. The fourth-order valence-electron chi connectivity index (χ4n) is 2.59. The van der Waals surface area contributed by atoms with Gasteiger partial charge in [0.15, 0.2) is 6.23 Å². The molecule has 1 aliphatic rings. The Balaban J connectivity index is 2.41. The molecule has 5 N–H and O–H groups in total. The van der Waals surface area contributed by atoms with E-state index in [1.165, 1.54) is 20.4 Å². The van der Waals surface area contributed by atoms with Crippen molar-refractivity contribution in [2.75, 3.05) is 26.6 Å². The van der Waals surface area contributed by atoms with E-state index in [0.717, 1.165) is 4.57 Å². The number of nitrogen functional groups attached to an aromatic ring is 1. The molecular weight excluding hydrogens is 338 g/mol. The number of esters is 1. The number of aromatic nitrogens is 2. The lowest BCUT2D eigenvalue weighted by Gasteiger charge is -2.21. The van der Waals surface area contributed by atoms with Crippen LogP contribution in [0.4, 0.5) is 5.82 Å². The first kappa shape index (κ1) is 19.3. The summed E-state index contributed by atoms with van der Waals surface area (Å²) in [4.78, 5) is 27.3. The zero-order chi connectivity index (χ0) is 18.7. The summed E-state index contributed by atoms with van der Waals surface area (Å²) in [6, 6.07) is 0. The van der Waals surface area contributed by atoms with Crippen molar-refractivity contribution in [2.45, 2.75) is 37.1 Å². The molecule has 0 amide bonds. The highest BCUT2D eigenvalue weighted by molar-refractivity contribution is 5.70. The van der Waals surface area contributed by atoms with Gasteiger partial charge in [-0.25, -0.2) is 4.79 Å². The third-order valence-corrected chi connectivity index (χ3v) is 4.01. The Hall–Kier alpha value is -2.05. The Morgan fingerprint density at radius 1 is 1.44 bits per heavy atom. The smallest absolute Gasteiger partial charge is 0.351 e. The molecule has 11 heteroatoms. The predicted octanol–water partition coefficient (Wildman–Crippen LogP) is -2.31. The summed E-state index contributed by atoms with van der Waals surface area (Å²) < 4.78 is 16.0. The van der Waals surface area contributed by atoms with E-state index in [0.29, 0.717) is 0 Å². The summed E-state index contributed by atoms with van der Waals surface area (Å²) >= 11 is 0. The lowest BCUT2D eigenvalue weighted by molar-refractivity contribution is -0.143. The van der Waals surface area contributed by atoms with Gasteiger partial charge in [0, 0.05) is 18.9 Å². The number of carbonyl (C=O) groups is 1. The van der Waals surface area contributed by atoms with Crippen molar-refractivity contribution in [2.24, 2.45) is 0 Å². The fourth-order valence-corrected chi connectivity index (χ4v) is 2.59. The number of carbonyl (C=O) groups excluding carboxylic acids is 1. The van der Waals surface area contributed by atoms with Gasteiger partial charge in [-0.3, -0.25) is 9.36 Å². The largest absolute Gasteiger partial charge is 0.469 e. The van der Waals surface area contributed by atoms with Crippen LogP contribution >= 0.6 is 0 Å². The van der Waals surface area contributed by atoms with E-state index < -0.39 is 48.9 Å². The number of aliphatic hydroxyl groups is 3. The van der Waals surface area contributed by atoms with Crippen molar-refractivity contribution < 1.29 is 34.3 Å². The molecule has 0 aliphatic carbocycles. The number of nitrogens with zero attached hydrogens (tertiary/aromatic N) is 2. The van der Waals surface area contributed by atoms with Gasteiger partial charge >= 0.3 is 11.7 Å². The van der Waals surface area contributed by atoms with Crippen LogP contribution in [-0.4, -0.2) is 70.0 Å². The zero-order valence-corrected chi connectivity index (χ0v) is 13.7. The minimum Gasteiger partial charge on any atom is -0.469 e.